The minimum absolute atomic E-state index is 0.377. The Labute approximate surface area is 207 Å². The van der Waals surface area contributed by atoms with Gasteiger partial charge in [0, 0.05) is 18.8 Å². The highest BCUT2D eigenvalue weighted by Gasteiger charge is 2.31. The Hall–Kier alpha value is 0.240. The molecule has 0 aromatic rings. The quantitative estimate of drug-likeness (QED) is 0.114. The van der Waals surface area contributed by atoms with E-state index in [1.165, 1.54) is 135 Å². The van der Waals surface area contributed by atoms with Crippen molar-refractivity contribution >= 4 is 28.3 Å². The average Bonchev–Trinajstić information content (AvgIpc) is 2.75. The molecule has 0 spiro atoms. The van der Waals surface area contributed by atoms with Crippen LogP contribution in [0, 0.1) is 0 Å². The molecular formula is C28H57NS2. The summed E-state index contributed by atoms with van der Waals surface area (Å²) in [4.78, 5) is 2.17. The van der Waals surface area contributed by atoms with Gasteiger partial charge in [-0.2, -0.15) is 0 Å². The highest BCUT2D eigenvalue weighted by molar-refractivity contribution is 8.23. The Balaban J connectivity index is 4.87. The SMILES string of the molecule is CCCCCCCCC(CCCCCCCC)(CCCCCCCC)SC(=S)N(C)C. The molecule has 0 aliphatic rings. The lowest BCUT2D eigenvalue weighted by molar-refractivity contribution is 0.404. The molecule has 0 heterocycles. The summed E-state index contributed by atoms with van der Waals surface area (Å²) in [6.07, 6.45) is 29.2. The van der Waals surface area contributed by atoms with Gasteiger partial charge < -0.3 is 4.90 Å². The monoisotopic (exact) mass is 471 g/mol. The molecule has 0 amide bonds. The number of thiocarbonyl (C=S) groups is 1. The lowest BCUT2D eigenvalue weighted by Gasteiger charge is -2.35. The number of thioether (sulfide) groups is 1. The first-order valence-corrected chi connectivity index (χ1v) is 15.1. The molecule has 0 aromatic carbocycles. The van der Waals surface area contributed by atoms with Crippen molar-refractivity contribution in [1.82, 2.24) is 4.90 Å². The first kappa shape index (κ1) is 31.2. The van der Waals surface area contributed by atoms with Crippen LogP contribution < -0.4 is 0 Å². The van der Waals surface area contributed by atoms with Crippen molar-refractivity contribution < 1.29 is 0 Å². The molecule has 0 aliphatic heterocycles. The fraction of sp³-hybridized carbons (Fsp3) is 0.964. The van der Waals surface area contributed by atoms with Crippen LogP contribution in [0.15, 0.2) is 0 Å². The minimum atomic E-state index is 0.377. The summed E-state index contributed by atoms with van der Waals surface area (Å²) < 4.78 is 1.48. The van der Waals surface area contributed by atoms with Gasteiger partial charge in [-0.1, -0.05) is 160 Å². The maximum Gasteiger partial charge on any atom is 0.136 e. The number of unbranched alkanes of at least 4 members (excludes halogenated alkanes) is 15. The van der Waals surface area contributed by atoms with E-state index in [0.717, 1.165) is 4.32 Å². The van der Waals surface area contributed by atoms with Crippen molar-refractivity contribution in [3.05, 3.63) is 0 Å². The molecule has 186 valence electrons. The van der Waals surface area contributed by atoms with Crippen LogP contribution >= 0.6 is 24.0 Å². The van der Waals surface area contributed by atoms with E-state index in [1.807, 2.05) is 0 Å². The normalized spacial score (nSPS) is 11.8. The predicted octanol–water partition coefficient (Wildman–Crippen LogP) is 10.6. The van der Waals surface area contributed by atoms with Crippen LogP contribution in [0.1, 0.15) is 156 Å². The van der Waals surface area contributed by atoms with Crippen LogP contribution in [0.5, 0.6) is 0 Å². The van der Waals surface area contributed by atoms with E-state index in [-0.39, 0.29) is 0 Å². The maximum atomic E-state index is 5.82. The average molecular weight is 472 g/mol. The molecule has 0 atom stereocenters. The van der Waals surface area contributed by atoms with Gasteiger partial charge in [0.05, 0.1) is 0 Å². The van der Waals surface area contributed by atoms with Gasteiger partial charge in [0.25, 0.3) is 0 Å². The standard InChI is InChI=1S/C28H57NS2/c1-6-9-12-15-18-21-24-28(31-27(30)29(4)5,25-22-19-16-13-10-7-2)26-23-20-17-14-11-8-3/h6-26H2,1-5H3. The van der Waals surface area contributed by atoms with E-state index in [0.29, 0.717) is 4.75 Å². The molecule has 0 N–H and O–H groups in total. The molecule has 0 rings (SSSR count). The topological polar surface area (TPSA) is 3.24 Å². The Kier molecular flexibility index (Phi) is 22.2. The number of nitrogens with zero attached hydrogens (tertiary/aromatic N) is 1. The van der Waals surface area contributed by atoms with Crippen molar-refractivity contribution in [3.63, 3.8) is 0 Å². The Morgan fingerprint density at radius 2 is 0.839 bits per heavy atom. The van der Waals surface area contributed by atoms with Crippen LogP contribution in [0.4, 0.5) is 0 Å². The van der Waals surface area contributed by atoms with Gasteiger partial charge in [-0.15, -0.1) is 0 Å². The fourth-order valence-corrected chi connectivity index (χ4v) is 6.31. The van der Waals surface area contributed by atoms with Gasteiger partial charge in [-0.3, -0.25) is 0 Å². The molecule has 31 heavy (non-hydrogen) atoms. The second-order valence-corrected chi connectivity index (χ2v) is 12.1. The van der Waals surface area contributed by atoms with Crippen LogP contribution in [0.25, 0.3) is 0 Å². The van der Waals surface area contributed by atoms with E-state index in [9.17, 15) is 0 Å². The summed E-state index contributed by atoms with van der Waals surface area (Å²) in [5.74, 6) is 0. The molecule has 1 nitrogen and oxygen atoms in total. The fourth-order valence-electron chi connectivity index (χ4n) is 4.49. The zero-order valence-electron chi connectivity index (χ0n) is 22.1. The Bertz CT molecular complexity index is 354. The lowest BCUT2D eigenvalue weighted by atomic mass is 9.88. The van der Waals surface area contributed by atoms with Crippen LogP contribution in [-0.2, 0) is 0 Å². The molecule has 0 fully saturated rings. The first-order chi connectivity index (χ1) is 15.0. The molecule has 0 unspecified atom stereocenters. The Morgan fingerprint density at radius 3 is 1.13 bits per heavy atom. The number of hydrogen-bond donors (Lipinski definition) is 0. The van der Waals surface area contributed by atoms with E-state index in [2.05, 4.69) is 51.5 Å². The molecule has 3 heteroatoms. The van der Waals surface area contributed by atoms with Gasteiger partial charge in [-0.25, -0.2) is 0 Å². The maximum absolute atomic E-state index is 5.82. The summed E-state index contributed by atoms with van der Waals surface area (Å²) in [5, 5.41) is 0. The zero-order chi connectivity index (χ0) is 23.2. The van der Waals surface area contributed by atoms with Crippen LogP contribution in [0.2, 0.25) is 0 Å². The highest BCUT2D eigenvalue weighted by atomic mass is 32.2. The van der Waals surface area contributed by atoms with Gasteiger partial charge in [0.15, 0.2) is 0 Å². The molecule has 0 aromatic heterocycles. The number of rotatable bonds is 22. The van der Waals surface area contributed by atoms with Crippen molar-refractivity contribution in [3.8, 4) is 0 Å². The third kappa shape index (κ3) is 18.4. The molecule has 0 saturated carbocycles. The second-order valence-electron chi connectivity index (χ2n) is 10.00. The Morgan fingerprint density at radius 1 is 0.548 bits per heavy atom. The van der Waals surface area contributed by atoms with E-state index < -0.39 is 0 Å². The minimum Gasteiger partial charge on any atom is -0.364 e. The van der Waals surface area contributed by atoms with Gasteiger partial charge in [0.2, 0.25) is 0 Å². The summed E-state index contributed by atoms with van der Waals surface area (Å²) in [6, 6.07) is 0. The highest BCUT2D eigenvalue weighted by Crippen LogP contribution is 2.42. The van der Waals surface area contributed by atoms with Crippen LogP contribution in [-0.4, -0.2) is 28.1 Å². The van der Waals surface area contributed by atoms with Gasteiger partial charge in [-0.05, 0) is 19.3 Å². The molecular weight excluding hydrogens is 414 g/mol. The largest absolute Gasteiger partial charge is 0.364 e. The van der Waals surface area contributed by atoms with Gasteiger partial charge in [0.1, 0.15) is 4.32 Å². The van der Waals surface area contributed by atoms with Crippen LogP contribution in [0.3, 0.4) is 0 Å². The van der Waals surface area contributed by atoms with Gasteiger partial charge >= 0.3 is 0 Å². The van der Waals surface area contributed by atoms with Crippen molar-refractivity contribution in [1.29, 1.82) is 0 Å². The third-order valence-corrected chi connectivity index (χ3v) is 8.83. The van der Waals surface area contributed by atoms with Crippen molar-refractivity contribution in [2.45, 2.75) is 160 Å². The summed E-state index contributed by atoms with van der Waals surface area (Å²) >= 11 is 7.89. The van der Waals surface area contributed by atoms with Crippen molar-refractivity contribution in [2.75, 3.05) is 14.1 Å². The van der Waals surface area contributed by atoms with E-state index >= 15 is 0 Å². The predicted molar refractivity (Wildman–Crippen MR) is 151 cm³/mol. The van der Waals surface area contributed by atoms with E-state index in [1.54, 1.807) is 0 Å². The molecule has 0 bridgehead atoms. The lowest BCUT2D eigenvalue weighted by Crippen LogP contribution is -2.30. The summed E-state index contributed by atoms with van der Waals surface area (Å²) in [7, 11) is 4.25. The third-order valence-electron chi connectivity index (χ3n) is 6.63. The molecule has 0 radical (unpaired) electrons. The first-order valence-electron chi connectivity index (χ1n) is 13.9. The smallest absolute Gasteiger partial charge is 0.136 e. The number of hydrogen-bond acceptors (Lipinski definition) is 2. The molecule has 0 saturated heterocycles. The summed E-state index contributed by atoms with van der Waals surface area (Å²) in [6.45, 7) is 6.93. The van der Waals surface area contributed by atoms with Crippen molar-refractivity contribution in [2.24, 2.45) is 0 Å². The summed E-state index contributed by atoms with van der Waals surface area (Å²) in [5.41, 5.74) is 0. The molecule has 0 aliphatic carbocycles. The zero-order valence-corrected chi connectivity index (χ0v) is 23.7. The second kappa shape index (κ2) is 22.1. The van der Waals surface area contributed by atoms with E-state index in [4.69, 9.17) is 12.2 Å².